The number of nitrogens with zero attached hydrogens (tertiary/aromatic N) is 1. The van der Waals surface area contributed by atoms with E-state index in [1.807, 2.05) is 6.92 Å². The lowest BCUT2D eigenvalue weighted by molar-refractivity contribution is -0.140. The number of rotatable bonds is 10. The smallest absolute Gasteiger partial charge is 0.244 e. The Morgan fingerprint density at radius 1 is 1.30 bits per heavy atom. The Morgan fingerprint density at radius 2 is 2.03 bits per heavy atom. The lowest BCUT2D eigenvalue weighted by Crippen LogP contribution is -2.57. The van der Waals surface area contributed by atoms with Crippen LogP contribution in [-0.4, -0.2) is 70.0 Å². The van der Waals surface area contributed by atoms with E-state index >= 15 is 0 Å². The summed E-state index contributed by atoms with van der Waals surface area (Å²) >= 11 is 1.71. The Hall–Kier alpha value is -1.28. The molecule has 0 aromatic carbocycles. The third-order valence-corrected chi connectivity index (χ3v) is 9.29. The predicted octanol–water partition coefficient (Wildman–Crippen LogP) is 1.54. The molecule has 0 aliphatic carbocycles. The van der Waals surface area contributed by atoms with Gasteiger partial charge in [-0.2, -0.15) is 0 Å². The van der Waals surface area contributed by atoms with Gasteiger partial charge in [-0.25, -0.2) is 0 Å². The highest BCUT2D eigenvalue weighted by Crippen LogP contribution is 2.68. The molecule has 1 spiro atoms. The van der Waals surface area contributed by atoms with Gasteiger partial charge in [0.05, 0.1) is 16.6 Å². The molecule has 30 heavy (non-hydrogen) atoms. The van der Waals surface area contributed by atoms with Crippen LogP contribution in [0.15, 0.2) is 0 Å². The van der Waals surface area contributed by atoms with Crippen molar-refractivity contribution in [1.82, 2.24) is 15.5 Å². The quantitative estimate of drug-likeness (QED) is 0.449. The van der Waals surface area contributed by atoms with Crippen LogP contribution in [0.4, 0.5) is 0 Å². The van der Waals surface area contributed by atoms with Crippen molar-refractivity contribution in [3.05, 3.63) is 0 Å². The van der Waals surface area contributed by atoms with Crippen LogP contribution in [0.1, 0.15) is 59.3 Å². The van der Waals surface area contributed by atoms with E-state index in [2.05, 4.69) is 24.5 Å². The van der Waals surface area contributed by atoms with Crippen molar-refractivity contribution >= 4 is 29.5 Å². The fourth-order valence-electron chi connectivity index (χ4n) is 5.92. The summed E-state index contributed by atoms with van der Waals surface area (Å²) in [6.07, 6.45) is 4.98. The summed E-state index contributed by atoms with van der Waals surface area (Å²) in [5.41, 5.74) is 0. The average Bonchev–Trinajstić information content (AvgIpc) is 3.29. The molecule has 4 unspecified atom stereocenters. The number of carbonyl (C=O) groups is 3. The fraction of sp³-hybridized carbons (Fsp3) is 0.864. The second-order valence-corrected chi connectivity index (χ2v) is 10.7. The Morgan fingerprint density at radius 3 is 2.67 bits per heavy atom. The van der Waals surface area contributed by atoms with Gasteiger partial charge in [-0.05, 0) is 44.9 Å². The van der Waals surface area contributed by atoms with E-state index in [1.54, 1.807) is 23.7 Å². The number of hydrogen-bond donors (Lipinski definition) is 3. The molecule has 0 aromatic rings. The lowest BCUT2D eigenvalue weighted by Gasteiger charge is -2.39. The van der Waals surface area contributed by atoms with E-state index in [0.717, 1.165) is 32.1 Å². The van der Waals surface area contributed by atoms with E-state index in [-0.39, 0.29) is 47.5 Å². The van der Waals surface area contributed by atoms with E-state index in [0.29, 0.717) is 13.0 Å². The average molecular weight is 440 g/mol. The van der Waals surface area contributed by atoms with E-state index in [1.165, 1.54) is 0 Å². The number of thioether (sulfide) groups is 1. The molecule has 8 heteroatoms. The third kappa shape index (κ3) is 3.74. The van der Waals surface area contributed by atoms with Gasteiger partial charge in [-0.15, -0.1) is 11.8 Å². The van der Waals surface area contributed by atoms with E-state index in [4.69, 9.17) is 5.11 Å². The molecular weight excluding hydrogens is 402 g/mol. The van der Waals surface area contributed by atoms with Crippen LogP contribution in [0.3, 0.4) is 0 Å². The first-order valence-corrected chi connectivity index (χ1v) is 12.3. The van der Waals surface area contributed by atoms with Crippen molar-refractivity contribution in [3.63, 3.8) is 0 Å². The van der Waals surface area contributed by atoms with Gasteiger partial charge in [0, 0.05) is 31.5 Å². The summed E-state index contributed by atoms with van der Waals surface area (Å²) < 4.78 is -0.536. The maximum absolute atomic E-state index is 13.6. The monoisotopic (exact) mass is 439 g/mol. The Bertz CT molecular complexity index is 675. The zero-order valence-electron chi connectivity index (χ0n) is 18.6. The maximum Gasteiger partial charge on any atom is 0.244 e. The molecule has 0 aromatic heterocycles. The van der Waals surface area contributed by atoms with Crippen LogP contribution in [0.2, 0.25) is 0 Å². The van der Waals surface area contributed by atoms with Gasteiger partial charge >= 0.3 is 0 Å². The number of amides is 3. The summed E-state index contributed by atoms with van der Waals surface area (Å²) in [7, 11) is 1.62. The van der Waals surface area contributed by atoms with Gasteiger partial charge in [0.15, 0.2) is 0 Å². The minimum atomic E-state index is -0.539. The summed E-state index contributed by atoms with van der Waals surface area (Å²) in [4.78, 5) is 41.7. The molecule has 0 saturated carbocycles. The van der Waals surface area contributed by atoms with Gasteiger partial charge in [0.2, 0.25) is 17.7 Å². The normalized spacial score (nSPS) is 35.4. The number of aliphatic hydroxyl groups is 1. The number of unbranched alkanes of at least 4 members (excludes halogenated alkanes) is 2. The van der Waals surface area contributed by atoms with Crippen molar-refractivity contribution in [2.24, 2.45) is 17.8 Å². The van der Waals surface area contributed by atoms with Gasteiger partial charge < -0.3 is 20.6 Å². The van der Waals surface area contributed by atoms with Crippen molar-refractivity contribution in [1.29, 1.82) is 0 Å². The van der Waals surface area contributed by atoms with Gasteiger partial charge in [-0.3, -0.25) is 14.4 Å². The first-order chi connectivity index (χ1) is 14.3. The Kier molecular flexibility index (Phi) is 7.38. The number of fused-ring (bicyclic) bond motifs is 1. The SMILES string of the molecule is CCCC(C)NC(=O)C1N(CCCCCO)C(=O)[C@@H]2[C@H](C(=O)NC)[C@@H]3CC(C)C12S3. The molecule has 7 nitrogen and oxygen atoms in total. The van der Waals surface area contributed by atoms with Crippen LogP contribution in [0.25, 0.3) is 0 Å². The zero-order valence-corrected chi connectivity index (χ0v) is 19.5. The fourth-order valence-corrected chi connectivity index (χ4v) is 8.35. The number of carbonyl (C=O) groups excluding carboxylic acids is 3. The van der Waals surface area contributed by atoms with Crippen LogP contribution < -0.4 is 10.6 Å². The summed E-state index contributed by atoms with van der Waals surface area (Å²) in [6, 6.07) is -0.485. The molecule has 3 aliphatic rings. The zero-order chi connectivity index (χ0) is 22.1. The lowest BCUT2D eigenvalue weighted by atomic mass is 9.66. The van der Waals surface area contributed by atoms with Crippen LogP contribution >= 0.6 is 11.8 Å². The number of aliphatic hydroxyl groups excluding tert-OH is 1. The molecule has 3 saturated heterocycles. The largest absolute Gasteiger partial charge is 0.396 e. The van der Waals surface area contributed by atoms with Gasteiger partial charge in [0.25, 0.3) is 0 Å². The first kappa shape index (κ1) is 23.4. The summed E-state index contributed by atoms with van der Waals surface area (Å²) in [5.74, 6) is -0.813. The molecule has 7 atom stereocenters. The second kappa shape index (κ2) is 9.47. The van der Waals surface area contributed by atoms with Gasteiger partial charge in [-0.1, -0.05) is 20.3 Å². The minimum absolute atomic E-state index is 0.0440. The molecule has 3 amide bonds. The molecule has 3 fully saturated rings. The number of nitrogens with one attached hydrogen (secondary N) is 2. The van der Waals surface area contributed by atoms with Crippen molar-refractivity contribution < 1.29 is 19.5 Å². The maximum atomic E-state index is 13.6. The topological polar surface area (TPSA) is 98.7 Å². The van der Waals surface area contributed by atoms with Crippen molar-refractivity contribution in [2.75, 3.05) is 20.2 Å². The van der Waals surface area contributed by atoms with Crippen LogP contribution in [0.5, 0.6) is 0 Å². The molecule has 3 heterocycles. The van der Waals surface area contributed by atoms with E-state index in [9.17, 15) is 14.4 Å². The predicted molar refractivity (Wildman–Crippen MR) is 118 cm³/mol. The van der Waals surface area contributed by atoms with Crippen molar-refractivity contribution in [2.45, 2.75) is 81.4 Å². The van der Waals surface area contributed by atoms with Crippen LogP contribution in [-0.2, 0) is 14.4 Å². The first-order valence-electron chi connectivity index (χ1n) is 11.4. The number of hydrogen-bond acceptors (Lipinski definition) is 5. The molecular formula is C22H37N3O4S. The molecule has 3 N–H and O–H groups in total. The standard InChI is InChI=1S/C22H37N3O4S/c1-5-9-14(3)24-20(28)18-22-13(2)12-15(30-22)16(19(27)23-4)17(22)21(29)25(18)10-7-6-8-11-26/h13-18,26H,5-12H2,1-4H3,(H,23,27)(H,24,28)/t13?,14?,15-,16+,17-,18?,22?/m0/s1. The van der Waals surface area contributed by atoms with E-state index < -0.39 is 16.7 Å². The minimum Gasteiger partial charge on any atom is -0.396 e. The van der Waals surface area contributed by atoms with Crippen molar-refractivity contribution in [3.8, 4) is 0 Å². The summed E-state index contributed by atoms with van der Waals surface area (Å²) in [5, 5.41) is 15.1. The Balaban J connectivity index is 1.93. The third-order valence-electron chi connectivity index (χ3n) is 7.21. The molecule has 2 bridgehead atoms. The molecule has 3 aliphatic heterocycles. The molecule has 170 valence electrons. The summed E-state index contributed by atoms with van der Waals surface area (Å²) in [6.45, 7) is 6.86. The van der Waals surface area contributed by atoms with Crippen LogP contribution in [0, 0.1) is 17.8 Å². The second-order valence-electron chi connectivity index (χ2n) is 9.18. The number of likely N-dealkylation sites (tertiary alicyclic amines) is 1. The highest BCUT2D eigenvalue weighted by molar-refractivity contribution is 8.02. The molecule has 3 rings (SSSR count). The van der Waals surface area contributed by atoms with Gasteiger partial charge in [0.1, 0.15) is 6.04 Å². The highest BCUT2D eigenvalue weighted by atomic mass is 32.2. The highest BCUT2D eigenvalue weighted by Gasteiger charge is 2.75. The molecule has 0 radical (unpaired) electrons. The Labute approximate surface area is 184 Å².